The molecule has 0 unspecified atom stereocenters. The van der Waals surface area contributed by atoms with Crippen LogP contribution in [0.4, 0.5) is 5.69 Å². The minimum absolute atomic E-state index is 0.0672. The Morgan fingerprint density at radius 3 is 2.61 bits per heavy atom. The molecule has 0 saturated carbocycles. The van der Waals surface area contributed by atoms with Gasteiger partial charge < -0.3 is 14.4 Å². The lowest BCUT2D eigenvalue weighted by molar-refractivity contribution is 0.253. The largest absolute Gasteiger partial charge is 0.508 e. The number of phenolic OH excluding ortho intramolecular Hbond substituents is 1. The van der Waals surface area contributed by atoms with E-state index in [0.29, 0.717) is 12.1 Å². The smallest absolute Gasteiger partial charge is 0.417 e. The van der Waals surface area contributed by atoms with E-state index in [1.165, 1.54) is 24.3 Å². The first-order chi connectivity index (χ1) is 14.9. The van der Waals surface area contributed by atoms with Crippen LogP contribution < -0.4 is 15.4 Å². The molecule has 2 heterocycles. The van der Waals surface area contributed by atoms with Gasteiger partial charge in [0.15, 0.2) is 5.58 Å². The number of nitrogens with one attached hydrogen (secondary N) is 2. The van der Waals surface area contributed by atoms with Crippen LogP contribution in [0.25, 0.3) is 11.1 Å². The van der Waals surface area contributed by atoms with Crippen molar-refractivity contribution in [1.82, 2.24) is 14.6 Å². The van der Waals surface area contributed by atoms with Gasteiger partial charge in [-0.1, -0.05) is 12.1 Å². The van der Waals surface area contributed by atoms with Gasteiger partial charge in [0.25, 0.3) is 0 Å². The molecule has 0 spiro atoms. The van der Waals surface area contributed by atoms with Gasteiger partial charge in [-0.15, -0.1) is 0 Å². The summed E-state index contributed by atoms with van der Waals surface area (Å²) in [5, 5.41) is 9.45. The van der Waals surface area contributed by atoms with Gasteiger partial charge in [-0.2, -0.15) is 0 Å². The minimum Gasteiger partial charge on any atom is -0.508 e. The number of rotatable bonds is 8. The van der Waals surface area contributed by atoms with Crippen LogP contribution >= 0.6 is 0 Å². The fourth-order valence-electron chi connectivity index (χ4n) is 3.83. The topological polar surface area (TPSA) is 119 Å². The predicted molar refractivity (Wildman–Crippen MR) is 118 cm³/mol. The summed E-state index contributed by atoms with van der Waals surface area (Å²) in [6.07, 6.45) is 1.61. The monoisotopic (exact) mass is 446 g/mol. The Balaban J connectivity index is 1.21. The number of sulfonamides is 1. The molecular formula is C21H26N4O5S. The average molecular weight is 447 g/mol. The van der Waals surface area contributed by atoms with E-state index in [-0.39, 0.29) is 10.6 Å². The molecule has 0 aliphatic carbocycles. The van der Waals surface area contributed by atoms with Crippen molar-refractivity contribution in [3.8, 4) is 5.75 Å². The van der Waals surface area contributed by atoms with Gasteiger partial charge in [0, 0.05) is 32.7 Å². The molecule has 3 aromatic rings. The summed E-state index contributed by atoms with van der Waals surface area (Å²) in [5.74, 6) is -0.516. The first-order valence-electron chi connectivity index (χ1n) is 10.3. The first kappa shape index (κ1) is 21.4. The number of hydrogen-bond donors (Lipinski definition) is 3. The normalized spacial score (nSPS) is 15.5. The molecule has 0 amide bonds. The van der Waals surface area contributed by atoms with E-state index in [1.54, 1.807) is 6.07 Å². The van der Waals surface area contributed by atoms with Crippen molar-refractivity contribution in [3.05, 3.63) is 53.0 Å². The highest BCUT2D eigenvalue weighted by molar-refractivity contribution is 7.89. The molecule has 1 fully saturated rings. The number of phenols is 1. The van der Waals surface area contributed by atoms with Crippen LogP contribution in [0.5, 0.6) is 5.75 Å². The van der Waals surface area contributed by atoms with Crippen LogP contribution in [-0.4, -0.2) is 62.7 Å². The maximum absolute atomic E-state index is 12.2. The summed E-state index contributed by atoms with van der Waals surface area (Å²) in [6, 6.07) is 11.3. The number of fused-ring (bicyclic) bond motifs is 1. The zero-order valence-corrected chi connectivity index (χ0v) is 17.9. The number of aromatic amines is 1. The summed E-state index contributed by atoms with van der Waals surface area (Å²) in [5.41, 5.74) is 2.28. The van der Waals surface area contributed by atoms with Crippen molar-refractivity contribution < 1.29 is 17.9 Å². The van der Waals surface area contributed by atoms with Gasteiger partial charge in [-0.3, -0.25) is 9.88 Å². The van der Waals surface area contributed by atoms with Crippen molar-refractivity contribution in [2.45, 2.75) is 17.7 Å². The minimum atomic E-state index is -3.61. The van der Waals surface area contributed by atoms with E-state index in [0.717, 1.165) is 56.8 Å². The van der Waals surface area contributed by atoms with Gasteiger partial charge in [0.1, 0.15) is 11.3 Å². The summed E-state index contributed by atoms with van der Waals surface area (Å²) in [4.78, 5) is 18.9. The number of hydrogen-bond acceptors (Lipinski definition) is 7. The van der Waals surface area contributed by atoms with Gasteiger partial charge >= 0.3 is 5.76 Å². The molecule has 31 heavy (non-hydrogen) atoms. The van der Waals surface area contributed by atoms with E-state index in [4.69, 9.17) is 4.42 Å². The highest BCUT2D eigenvalue weighted by Crippen LogP contribution is 2.25. The summed E-state index contributed by atoms with van der Waals surface area (Å²) >= 11 is 0. The molecule has 4 rings (SSSR count). The summed E-state index contributed by atoms with van der Waals surface area (Å²) < 4.78 is 32.2. The third-order valence-electron chi connectivity index (χ3n) is 5.47. The highest BCUT2D eigenvalue weighted by atomic mass is 32.2. The Kier molecular flexibility index (Phi) is 6.30. The van der Waals surface area contributed by atoms with Crippen molar-refractivity contribution in [3.63, 3.8) is 0 Å². The Bertz CT molecular complexity index is 1200. The molecule has 0 bridgehead atoms. The van der Waals surface area contributed by atoms with Crippen molar-refractivity contribution in [2.75, 3.05) is 44.2 Å². The van der Waals surface area contributed by atoms with E-state index in [1.807, 2.05) is 12.1 Å². The quantitative estimate of drug-likeness (QED) is 0.451. The second-order valence-electron chi connectivity index (χ2n) is 7.60. The second-order valence-corrected chi connectivity index (χ2v) is 9.36. The van der Waals surface area contributed by atoms with E-state index in [2.05, 4.69) is 19.5 Å². The van der Waals surface area contributed by atoms with E-state index in [9.17, 15) is 18.3 Å². The molecule has 1 saturated heterocycles. The van der Waals surface area contributed by atoms with Gasteiger partial charge in [0.05, 0.1) is 10.6 Å². The molecule has 0 radical (unpaired) electrons. The number of anilines is 1. The standard InChI is InChI=1S/C21H26N4O5S/c26-16-5-3-6-17(15-16)31(28,29)22-9-1-2-10-24-11-13-25(14-12-24)18-7-4-8-19-20(18)23-21(27)30-19/h3-8,15,22,26H,1-2,9-14H2,(H,23,27). The van der Waals surface area contributed by atoms with E-state index >= 15 is 0 Å². The fourth-order valence-corrected chi connectivity index (χ4v) is 4.95. The van der Waals surface area contributed by atoms with Crippen LogP contribution in [0.2, 0.25) is 0 Å². The van der Waals surface area contributed by atoms with Crippen LogP contribution in [0.15, 0.2) is 56.6 Å². The highest BCUT2D eigenvalue weighted by Gasteiger charge is 2.20. The maximum Gasteiger partial charge on any atom is 0.417 e. The average Bonchev–Trinajstić information content (AvgIpc) is 3.14. The molecule has 2 aromatic carbocycles. The molecule has 1 aliphatic heterocycles. The predicted octanol–water partition coefficient (Wildman–Crippen LogP) is 1.71. The van der Waals surface area contributed by atoms with Gasteiger partial charge in [-0.25, -0.2) is 17.9 Å². The number of para-hydroxylation sites is 1. The zero-order chi connectivity index (χ0) is 21.8. The number of piperazine rings is 1. The number of oxazole rings is 1. The van der Waals surface area contributed by atoms with Crippen molar-refractivity contribution in [1.29, 1.82) is 0 Å². The Morgan fingerprint density at radius 1 is 1.06 bits per heavy atom. The molecular weight excluding hydrogens is 420 g/mol. The third kappa shape index (κ3) is 5.09. The lowest BCUT2D eigenvalue weighted by Gasteiger charge is -2.36. The number of nitrogens with zero attached hydrogens (tertiary/aromatic N) is 2. The molecule has 10 heteroatoms. The Labute approximate surface area is 180 Å². The Morgan fingerprint density at radius 2 is 1.84 bits per heavy atom. The molecule has 1 aromatic heterocycles. The number of benzene rings is 2. The molecule has 166 valence electrons. The summed E-state index contributed by atoms with van der Waals surface area (Å²) in [6.45, 7) is 4.73. The Hall–Kier alpha value is -2.82. The molecule has 3 N–H and O–H groups in total. The number of H-pyrrole nitrogens is 1. The number of aromatic hydroxyl groups is 1. The van der Waals surface area contributed by atoms with Crippen molar-refractivity contribution >= 4 is 26.8 Å². The van der Waals surface area contributed by atoms with E-state index < -0.39 is 15.8 Å². The first-order valence-corrected chi connectivity index (χ1v) is 11.8. The lowest BCUT2D eigenvalue weighted by atomic mass is 10.2. The van der Waals surface area contributed by atoms with Gasteiger partial charge in [0.2, 0.25) is 10.0 Å². The van der Waals surface area contributed by atoms with Crippen LogP contribution in [-0.2, 0) is 10.0 Å². The molecule has 9 nitrogen and oxygen atoms in total. The SMILES string of the molecule is O=c1[nH]c2c(N3CCN(CCCCNS(=O)(=O)c4cccc(O)c4)CC3)cccc2o1. The molecule has 0 atom stereocenters. The zero-order valence-electron chi connectivity index (χ0n) is 17.1. The molecule has 1 aliphatic rings. The van der Waals surface area contributed by atoms with Crippen LogP contribution in [0.1, 0.15) is 12.8 Å². The number of aromatic nitrogens is 1. The van der Waals surface area contributed by atoms with Crippen molar-refractivity contribution in [2.24, 2.45) is 0 Å². The lowest BCUT2D eigenvalue weighted by Crippen LogP contribution is -2.46. The summed E-state index contributed by atoms with van der Waals surface area (Å²) in [7, 11) is -3.61. The van der Waals surface area contributed by atoms with Crippen LogP contribution in [0.3, 0.4) is 0 Å². The second kappa shape index (κ2) is 9.13. The van der Waals surface area contributed by atoms with Gasteiger partial charge in [-0.05, 0) is 49.7 Å². The fraction of sp³-hybridized carbons (Fsp3) is 0.381. The van der Waals surface area contributed by atoms with Crippen LogP contribution in [0, 0.1) is 0 Å². The maximum atomic E-state index is 12.2. The number of unbranched alkanes of at least 4 members (excludes halogenated alkanes) is 1. The third-order valence-corrected chi connectivity index (χ3v) is 6.93.